The van der Waals surface area contributed by atoms with Crippen LogP contribution in [0.2, 0.25) is 0 Å². The Morgan fingerprint density at radius 1 is 1.53 bits per heavy atom. The maximum absolute atomic E-state index is 11.4. The zero-order valence-electron chi connectivity index (χ0n) is 10.5. The molecule has 19 heavy (non-hydrogen) atoms. The fourth-order valence-electron chi connectivity index (χ4n) is 1.66. The largest absolute Gasteiger partial charge is 0.493 e. The van der Waals surface area contributed by atoms with Crippen molar-refractivity contribution < 1.29 is 24.1 Å². The van der Waals surface area contributed by atoms with E-state index in [9.17, 15) is 4.79 Å². The van der Waals surface area contributed by atoms with E-state index in [1.165, 1.54) is 6.08 Å². The van der Waals surface area contributed by atoms with Gasteiger partial charge < -0.3 is 24.6 Å². The van der Waals surface area contributed by atoms with Gasteiger partial charge in [-0.2, -0.15) is 0 Å². The number of fused-ring (bicyclic) bond motifs is 1. The number of benzene rings is 1. The van der Waals surface area contributed by atoms with Crippen LogP contribution >= 0.6 is 0 Å². The molecule has 0 spiro atoms. The summed E-state index contributed by atoms with van der Waals surface area (Å²) >= 11 is 0. The van der Waals surface area contributed by atoms with E-state index in [1.807, 2.05) is 0 Å². The van der Waals surface area contributed by atoms with Crippen molar-refractivity contribution in [3.05, 3.63) is 23.8 Å². The van der Waals surface area contributed by atoms with Crippen LogP contribution in [0.25, 0.3) is 6.08 Å². The average molecular weight is 265 g/mol. The molecule has 2 N–H and O–H groups in total. The molecule has 2 rings (SSSR count). The highest BCUT2D eigenvalue weighted by molar-refractivity contribution is 5.91. The smallest absolute Gasteiger partial charge is 0.244 e. The van der Waals surface area contributed by atoms with Crippen LogP contribution in [-0.2, 0) is 4.79 Å². The molecule has 0 atom stereocenters. The molecule has 6 nitrogen and oxygen atoms in total. The number of rotatable bonds is 5. The second kappa shape index (κ2) is 6.10. The van der Waals surface area contributed by atoms with Crippen LogP contribution in [0.1, 0.15) is 5.56 Å². The summed E-state index contributed by atoms with van der Waals surface area (Å²) in [5.74, 6) is 1.45. The summed E-state index contributed by atoms with van der Waals surface area (Å²) in [6, 6.07) is 3.52. The summed E-state index contributed by atoms with van der Waals surface area (Å²) in [6.45, 7) is 0.306. The Morgan fingerprint density at radius 2 is 2.37 bits per heavy atom. The van der Waals surface area contributed by atoms with Crippen molar-refractivity contribution in [3.63, 3.8) is 0 Å². The number of carbonyl (C=O) groups is 1. The molecule has 1 amide bonds. The highest BCUT2D eigenvalue weighted by Crippen LogP contribution is 2.41. The summed E-state index contributed by atoms with van der Waals surface area (Å²) in [7, 11) is 1.54. The van der Waals surface area contributed by atoms with E-state index < -0.39 is 0 Å². The average Bonchev–Trinajstić information content (AvgIpc) is 2.90. The van der Waals surface area contributed by atoms with Crippen LogP contribution < -0.4 is 19.5 Å². The maximum atomic E-state index is 11.4. The highest BCUT2D eigenvalue weighted by atomic mass is 16.7. The summed E-state index contributed by atoms with van der Waals surface area (Å²) in [6.07, 6.45) is 3.02. The molecular weight excluding hydrogens is 250 g/mol. The molecule has 0 fully saturated rings. The number of hydrogen-bond donors (Lipinski definition) is 2. The third-order valence-electron chi connectivity index (χ3n) is 2.52. The molecule has 1 aliphatic heterocycles. The number of aliphatic hydroxyl groups excluding tert-OH is 1. The number of hydrogen-bond acceptors (Lipinski definition) is 5. The minimum atomic E-state index is -0.273. The number of amides is 1. The summed E-state index contributed by atoms with van der Waals surface area (Å²) in [5, 5.41) is 11.1. The SMILES string of the molecule is COc1cc(C=CC(=O)NCCO)cc2c1OCO2. The van der Waals surface area contributed by atoms with Gasteiger partial charge >= 0.3 is 0 Å². The van der Waals surface area contributed by atoms with E-state index in [2.05, 4.69) is 5.32 Å². The molecule has 0 saturated heterocycles. The van der Waals surface area contributed by atoms with Gasteiger partial charge in [-0.1, -0.05) is 0 Å². The summed E-state index contributed by atoms with van der Waals surface area (Å²) < 4.78 is 15.8. The van der Waals surface area contributed by atoms with Gasteiger partial charge in [0.25, 0.3) is 0 Å². The lowest BCUT2D eigenvalue weighted by atomic mass is 10.1. The molecular formula is C13H15NO5. The molecule has 0 radical (unpaired) electrons. The number of aliphatic hydroxyl groups is 1. The van der Waals surface area contributed by atoms with Gasteiger partial charge in [0.15, 0.2) is 11.5 Å². The molecule has 1 heterocycles. The normalized spacial score (nSPS) is 12.7. The Bertz CT molecular complexity index is 498. The quantitative estimate of drug-likeness (QED) is 0.760. The predicted molar refractivity (Wildman–Crippen MR) is 68.2 cm³/mol. The van der Waals surface area contributed by atoms with E-state index in [-0.39, 0.29) is 25.9 Å². The van der Waals surface area contributed by atoms with E-state index >= 15 is 0 Å². The molecule has 1 aromatic carbocycles. The topological polar surface area (TPSA) is 77.0 Å². The van der Waals surface area contributed by atoms with E-state index in [0.29, 0.717) is 17.2 Å². The van der Waals surface area contributed by atoms with Crippen molar-refractivity contribution in [1.29, 1.82) is 0 Å². The van der Waals surface area contributed by atoms with Gasteiger partial charge in [0.2, 0.25) is 18.4 Å². The second-order valence-electron chi connectivity index (χ2n) is 3.80. The van der Waals surface area contributed by atoms with Crippen molar-refractivity contribution >= 4 is 12.0 Å². The van der Waals surface area contributed by atoms with E-state index in [0.717, 1.165) is 5.56 Å². The molecule has 102 valence electrons. The number of nitrogens with one attached hydrogen (secondary N) is 1. The molecule has 0 unspecified atom stereocenters. The minimum absolute atomic E-state index is 0.0859. The third kappa shape index (κ3) is 3.17. The van der Waals surface area contributed by atoms with Gasteiger partial charge in [-0.25, -0.2) is 0 Å². The first-order valence-corrected chi connectivity index (χ1v) is 5.79. The molecule has 0 bridgehead atoms. The number of carbonyl (C=O) groups excluding carboxylic acids is 1. The van der Waals surface area contributed by atoms with E-state index in [4.69, 9.17) is 19.3 Å². The van der Waals surface area contributed by atoms with Crippen LogP contribution in [0.5, 0.6) is 17.2 Å². The Hall–Kier alpha value is -2.21. The monoisotopic (exact) mass is 265 g/mol. The van der Waals surface area contributed by atoms with Crippen LogP contribution in [0.4, 0.5) is 0 Å². The van der Waals surface area contributed by atoms with Crippen LogP contribution in [0, 0.1) is 0 Å². The fraction of sp³-hybridized carbons (Fsp3) is 0.308. The van der Waals surface area contributed by atoms with Crippen LogP contribution in [0.15, 0.2) is 18.2 Å². The Labute approximate surface area is 110 Å². The summed E-state index contributed by atoms with van der Waals surface area (Å²) in [5.41, 5.74) is 0.764. The minimum Gasteiger partial charge on any atom is -0.493 e. The van der Waals surface area contributed by atoms with Gasteiger partial charge in [-0.3, -0.25) is 4.79 Å². The number of ether oxygens (including phenoxy) is 3. The fourth-order valence-corrected chi connectivity index (χ4v) is 1.66. The van der Waals surface area contributed by atoms with Crippen LogP contribution in [0.3, 0.4) is 0 Å². The Morgan fingerprint density at radius 3 is 3.11 bits per heavy atom. The predicted octanol–water partition coefficient (Wildman–Crippen LogP) is 0.546. The molecule has 1 aliphatic rings. The molecule has 1 aromatic rings. The Kier molecular flexibility index (Phi) is 4.25. The van der Waals surface area contributed by atoms with Crippen molar-refractivity contribution in [1.82, 2.24) is 5.32 Å². The maximum Gasteiger partial charge on any atom is 0.244 e. The highest BCUT2D eigenvalue weighted by Gasteiger charge is 2.19. The van der Waals surface area contributed by atoms with Gasteiger partial charge in [0, 0.05) is 12.6 Å². The number of methoxy groups -OCH3 is 1. The molecule has 6 heteroatoms. The van der Waals surface area contributed by atoms with Crippen LogP contribution in [-0.4, -0.2) is 38.1 Å². The summed E-state index contributed by atoms with van der Waals surface area (Å²) in [4.78, 5) is 11.4. The lowest BCUT2D eigenvalue weighted by molar-refractivity contribution is -0.116. The van der Waals surface area contributed by atoms with Gasteiger partial charge in [0.1, 0.15) is 0 Å². The van der Waals surface area contributed by atoms with Crippen molar-refractivity contribution in [2.45, 2.75) is 0 Å². The second-order valence-corrected chi connectivity index (χ2v) is 3.80. The first kappa shape index (κ1) is 13.2. The van der Waals surface area contributed by atoms with Gasteiger partial charge in [-0.15, -0.1) is 0 Å². The van der Waals surface area contributed by atoms with Crippen molar-refractivity contribution in [2.24, 2.45) is 0 Å². The molecule has 0 aromatic heterocycles. The standard InChI is InChI=1S/C13H15NO5/c1-17-10-6-9(2-3-12(16)14-4-5-15)7-11-13(10)19-8-18-11/h2-3,6-7,15H,4-5,8H2,1H3,(H,14,16). The first-order chi connectivity index (χ1) is 9.24. The van der Waals surface area contributed by atoms with E-state index in [1.54, 1.807) is 25.3 Å². The van der Waals surface area contributed by atoms with Crippen molar-refractivity contribution in [2.75, 3.05) is 27.1 Å². The Balaban J connectivity index is 2.13. The third-order valence-corrected chi connectivity index (χ3v) is 2.52. The lowest BCUT2D eigenvalue weighted by Crippen LogP contribution is -2.24. The van der Waals surface area contributed by atoms with Crippen molar-refractivity contribution in [3.8, 4) is 17.2 Å². The van der Waals surface area contributed by atoms with Gasteiger partial charge in [0.05, 0.1) is 13.7 Å². The van der Waals surface area contributed by atoms with Gasteiger partial charge in [-0.05, 0) is 23.8 Å². The molecule has 0 aliphatic carbocycles. The zero-order valence-corrected chi connectivity index (χ0v) is 10.5. The first-order valence-electron chi connectivity index (χ1n) is 5.79. The zero-order chi connectivity index (χ0) is 13.7. The molecule has 0 saturated carbocycles. The lowest BCUT2D eigenvalue weighted by Gasteiger charge is -2.05.